The minimum atomic E-state index is -5.07. The fraction of sp³-hybridized carbons (Fsp3) is 0.400. The highest BCUT2D eigenvalue weighted by molar-refractivity contribution is 8.14. The topological polar surface area (TPSA) is 52.6 Å². The molecule has 1 rings (SSSR count). The molecule has 1 aromatic carbocycles. The molecular weight excluding hydrogens is 309 g/mol. The van der Waals surface area contributed by atoms with Crippen molar-refractivity contribution in [3.05, 3.63) is 23.8 Å². The van der Waals surface area contributed by atoms with Crippen LogP contribution in [0.5, 0.6) is 11.5 Å². The van der Waals surface area contributed by atoms with E-state index in [0.29, 0.717) is 0 Å². The quantitative estimate of drug-likeness (QED) is 0.801. The van der Waals surface area contributed by atoms with Crippen molar-refractivity contribution < 1.29 is 31.1 Å². The second kappa shape index (κ2) is 5.46. The molecule has 1 atom stereocenters. The molecule has 0 spiro atoms. The van der Waals surface area contributed by atoms with Crippen molar-refractivity contribution in [2.45, 2.75) is 11.4 Å². The van der Waals surface area contributed by atoms with Crippen molar-refractivity contribution in [1.29, 1.82) is 0 Å². The molecule has 0 aliphatic rings. The van der Waals surface area contributed by atoms with Crippen LogP contribution in [0, 0.1) is 0 Å². The Hall–Kier alpha value is -1.15. The van der Waals surface area contributed by atoms with Crippen LogP contribution < -0.4 is 9.47 Å². The highest BCUT2D eigenvalue weighted by Gasteiger charge is 2.50. The lowest BCUT2D eigenvalue weighted by Crippen LogP contribution is -2.26. The van der Waals surface area contributed by atoms with E-state index in [1.807, 2.05) is 0 Å². The number of halogens is 4. The highest BCUT2D eigenvalue weighted by Crippen LogP contribution is 2.46. The first-order valence-corrected chi connectivity index (χ1v) is 7.21. The van der Waals surface area contributed by atoms with Gasteiger partial charge in [0.1, 0.15) is 0 Å². The summed E-state index contributed by atoms with van der Waals surface area (Å²) in [5.41, 5.74) is -0.621. The van der Waals surface area contributed by atoms with Crippen LogP contribution in [-0.4, -0.2) is 28.8 Å². The molecule has 108 valence electrons. The summed E-state index contributed by atoms with van der Waals surface area (Å²) in [5.74, 6) is -0.342. The first kappa shape index (κ1) is 15.9. The summed E-state index contributed by atoms with van der Waals surface area (Å²) in [7, 11) is 2.31. The van der Waals surface area contributed by atoms with Gasteiger partial charge in [0.05, 0.1) is 14.2 Å². The van der Waals surface area contributed by atoms with E-state index < -0.39 is 26.0 Å². The van der Waals surface area contributed by atoms with Crippen LogP contribution in [0.2, 0.25) is 0 Å². The van der Waals surface area contributed by atoms with Crippen LogP contribution in [0.15, 0.2) is 18.2 Å². The van der Waals surface area contributed by atoms with Crippen LogP contribution in [0.4, 0.5) is 13.2 Å². The van der Waals surface area contributed by atoms with Gasteiger partial charge >= 0.3 is 6.18 Å². The first-order valence-electron chi connectivity index (χ1n) is 4.84. The molecule has 0 saturated heterocycles. The molecule has 4 nitrogen and oxygen atoms in total. The van der Waals surface area contributed by atoms with Gasteiger partial charge < -0.3 is 9.47 Å². The van der Waals surface area contributed by atoms with Crippen LogP contribution in [0.25, 0.3) is 0 Å². The Labute approximate surface area is 112 Å². The van der Waals surface area contributed by atoms with Crippen molar-refractivity contribution in [2.75, 3.05) is 14.2 Å². The maximum atomic E-state index is 12.9. The van der Waals surface area contributed by atoms with E-state index >= 15 is 0 Å². The average Bonchev–Trinajstić information content (AvgIpc) is 2.24. The third kappa shape index (κ3) is 3.44. The lowest BCUT2D eigenvalue weighted by Gasteiger charge is -2.20. The van der Waals surface area contributed by atoms with Crippen LogP contribution in [-0.2, 0) is 9.05 Å². The summed E-state index contributed by atoms with van der Waals surface area (Å²) in [6, 6.07) is 3.54. The molecule has 19 heavy (non-hydrogen) atoms. The van der Waals surface area contributed by atoms with Crippen molar-refractivity contribution in [2.24, 2.45) is 0 Å². The van der Waals surface area contributed by atoms with Gasteiger partial charge in [-0.15, -0.1) is 0 Å². The molecule has 0 radical (unpaired) electrons. The van der Waals surface area contributed by atoms with E-state index in [0.717, 1.165) is 13.2 Å². The molecule has 1 unspecified atom stereocenters. The van der Waals surface area contributed by atoms with Crippen LogP contribution in [0.3, 0.4) is 0 Å². The summed E-state index contributed by atoms with van der Waals surface area (Å²) in [6.45, 7) is 0. The smallest absolute Gasteiger partial charge is 0.410 e. The SMILES string of the molecule is COc1cccc(C(C(F)(F)F)S(=O)(=O)Cl)c1OC. The Kier molecular flexibility index (Phi) is 4.57. The third-order valence-electron chi connectivity index (χ3n) is 2.29. The molecule has 0 bridgehead atoms. The maximum absolute atomic E-state index is 12.9. The van der Waals surface area contributed by atoms with Crippen molar-refractivity contribution in [1.82, 2.24) is 0 Å². The molecule has 0 aromatic heterocycles. The second-order valence-electron chi connectivity index (χ2n) is 3.48. The number of benzene rings is 1. The standard InChI is InChI=1S/C10H10ClF3O4S/c1-17-7-5-3-4-6(8(7)18-2)9(10(12,13)14)19(11,15)16/h3-5,9H,1-2H3. The van der Waals surface area contributed by atoms with Gasteiger partial charge in [0.25, 0.3) is 0 Å². The molecule has 0 aliphatic heterocycles. The predicted octanol–water partition coefficient (Wildman–Crippen LogP) is 2.88. The summed E-state index contributed by atoms with van der Waals surface area (Å²) >= 11 is 0. The largest absolute Gasteiger partial charge is 0.493 e. The lowest BCUT2D eigenvalue weighted by atomic mass is 10.1. The molecule has 1 aromatic rings. The van der Waals surface area contributed by atoms with E-state index in [2.05, 4.69) is 0 Å². The minimum absolute atomic E-state index is 0.0189. The van der Waals surface area contributed by atoms with E-state index in [-0.39, 0.29) is 11.5 Å². The molecule has 0 amide bonds. The molecule has 0 fully saturated rings. The zero-order chi connectivity index (χ0) is 14.8. The van der Waals surface area contributed by atoms with Crippen LogP contribution in [0.1, 0.15) is 10.8 Å². The molecule has 9 heteroatoms. The van der Waals surface area contributed by atoms with Gasteiger partial charge in [0, 0.05) is 16.2 Å². The van der Waals surface area contributed by atoms with E-state index in [4.69, 9.17) is 20.2 Å². The second-order valence-corrected chi connectivity index (χ2v) is 6.19. The average molecular weight is 319 g/mol. The molecular formula is C10H10ClF3O4S. The number of para-hydroxylation sites is 1. The zero-order valence-corrected chi connectivity index (χ0v) is 11.4. The molecule has 0 heterocycles. The predicted molar refractivity (Wildman–Crippen MR) is 63.1 cm³/mol. The molecule has 0 N–H and O–H groups in total. The Morgan fingerprint density at radius 3 is 2.16 bits per heavy atom. The number of alkyl halides is 3. The van der Waals surface area contributed by atoms with Gasteiger partial charge in [-0.25, -0.2) is 8.42 Å². The summed E-state index contributed by atoms with van der Waals surface area (Å²) in [5, 5.41) is -2.88. The number of rotatable bonds is 4. The first-order chi connectivity index (χ1) is 8.62. The summed E-state index contributed by atoms with van der Waals surface area (Å²) in [4.78, 5) is 0. The normalized spacial score (nSPS) is 14.0. The molecule has 0 saturated carbocycles. The van der Waals surface area contributed by atoms with Crippen molar-refractivity contribution >= 4 is 19.7 Å². The number of hydrogen-bond donors (Lipinski definition) is 0. The van der Waals surface area contributed by atoms with E-state index in [1.165, 1.54) is 19.2 Å². The number of methoxy groups -OCH3 is 2. The van der Waals surface area contributed by atoms with Crippen molar-refractivity contribution in [3.8, 4) is 11.5 Å². The Bertz CT molecular complexity index is 556. The maximum Gasteiger partial charge on any atom is 0.410 e. The zero-order valence-electron chi connectivity index (χ0n) is 9.86. The van der Waals surface area contributed by atoms with Gasteiger partial charge in [-0.2, -0.15) is 13.2 Å². The minimum Gasteiger partial charge on any atom is -0.493 e. The summed E-state index contributed by atoms with van der Waals surface area (Å²) < 4.78 is 70.7. The Morgan fingerprint density at radius 1 is 1.21 bits per heavy atom. The van der Waals surface area contributed by atoms with Crippen molar-refractivity contribution in [3.63, 3.8) is 0 Å². The Balaban J connectivity index is 3.57. The van der Waals surface area contributed by atoms with Gasteiger partial charge in [-0.3, -0.25) is 0 Å². The highest BCUT2D eigenvalue weighted by atomic mass is 35.7. The molecule has 0 aliphatic carbocycles. The van der Waals surface area contributed by atoms with Gasteiger partial charge in [-0.05, 0) is 6.07 Å². The van der Waals surface area contributed by atoms with E-state index in [9.17, 15) is 21.6 Å². The van der Waals surface area contributed by atoms with Gasteiger partial charge in [-0.1, -0.05) is 12.1 Å². The summed E-state index contributed by atoms with van der Waals surface area (Å²) in [6.07, 6.45) is -5.07. The van der Waals surface area contributed by atoms with E-state index in [1.54, 1.807) is 0 Å². The monoisotopic (exact) mass is 318 g/mol. The van der Waals surface area contributed by atoms with Gasteiger partial charge in [0.15, 0.2) is 16.7 Å². The lowest BCUT2D eigenvalue weighted by molar-refractivity contribution is -0.131. The third-order valence-corrected chi connectivity index (χ3v) is 3.91. The van der Waals surface area contributed by atoms with Crippen LogP contribution >= 0.6 is 10.7 Å². The van der Waals surface area contributed by atoms with Gasteiger partial charge in [0.2, 0.25) is 9.05 Å². The number of ether oxygens (including phenoxy) is 2. The fourth-order valence-corrected chi connectivity index (χ4v) is 3.01. The Morgan fingerprint density at radius 2 is 1.79 bits per heavy atom. The number of hydrogen-bond acceptors (Lipinski definition) is 4. The fourth-order valence-electron chi connectivity index (χ4n) is 1.61.